The van der Waals surface area contributed by atoms with Gasteiger partial charge in [0.05, 0.1) is 54.6 Å². The summed E-state index contributed by atoms with van der Waals surface area (Å²) >= 11 is 0. The van der Waals surface area contributed by atoms with Crippen LogP contribution in [0, 0.1) is 6.92 Å². The molecular weight excluding hydrogens is 530 g/mol. The van der Waals surface area contributed by atoms with Crippen molar-refractivity contribution in [3.8, 4) is 17.3 Å². The molecule has 1 N–H and O–H groups in total. The maximum Gasteiger partial charge on any atom is 0.340 e. The molecule has 0 spiro atoms. The van der Waals surface area contributed by atoms with Crippen LogP contribution in [0.1, 0.15) is 45.8 Å². The quantitative estimate of drug-likeness (QED) is 0.246. The number of amides is 2. The first-order chi connectivity index (χ1) is 20.5. The minimum Gasteiger partial charge on any atom is -0.497 e. The lowest BCUT2D eigenvalue weighted by molar-refractivity contribution is 0.0527. The van der Waals surface area contributed by atoms with Crippen LogP contribution in [0.5, 0.6) is 5.75 Å². The topological polar surface area (TPSA) is 90.6 Å². The molecule has 0 saturated carbocycles. The van der Waals surface area contributed by atoms with Crippen molar-refractivity contribution in [3.05, 3.63) is 125 Å². The molecule has 6 rings (SSSR count). The van der Waals surface area contributed by atoms with Crippen molar-refractivity contribution in [3.63, 3.8) is 0 Å². The van der Waals surface area contributed by atoms with Crippen LogP contribution < -0.4 is 10.1 Å². The molecule has 0 aliphatic carbocycles. The summed E-state index contributed by atoms with van der Waals surface area (Å²) in [4.78, 5) is 28.8. The van der Waals surface area contributed by atoms with E-state index in [1.54, 1.807) is 43.2 Å². The van der Waals surface area contributed by atoms with E-state index in [-0.39, 0.29) is 19.2 Å². The van der Waals surface area contributed by atoms with E-state index >= 15 is 0 Å². The number of nitrogens with one attached hydrogen (secondary N) is 1. The molecule has 0 fully saturated rings. The van der Waals surface area contributed by atoms with Gasteiger partial charge in [-0.1, -0.05) is 42.5 Å². The first-order valence-electron chi connectivity index (χ1n) is 13.8. The van der Waals surface area contributed by atoms with Gasteiger partial charge in [0.1, 0.15) is 11.6 Å². The Balaban J connectivity index is 1.50. The van der Waals surface area contributed by atoms with Crippen molar-refractivity contribution >= 4 is 17.7 Å². The fourth-order valence-electron chi connectivity index (χ4n) is 5.45. The average molecular weight is 562 g/mol. The maximum atomic E-state index is 14.3. The second-order valence-corrected chi connectivity index (χ2v) is 9.94. The molecule has 5 aromatic rings. The Morgan fingerprint density at radius 1 is 0.952 bits per heavy atom. The molecule has 2 amide bonds. The SMILES string of the molecule is CCOC(=O)c1ccccc1NC(=O)N1Cc2c(C)nn(-c3ccccc3)c2-n2cccc2C1c1ccc(OC)cc1. The number of carbonyl (C=O) groups excluding carboxylic acids is 2. The van der Waals surface area contributed by atoms with E-state index in [1.165, 1.54) is 0 Å². The number of para-hydroxylation sites is 2. The third-order valence-electron chi connectivity index (χ3n) is 7.44. The number of aromatic nitrogens is 3. The number of benzene rings is 3. The molecule has 3 heterocycles. The van der Waals surface area contributed by atoms with Crippen molar-refractivity contribution in [2.24, 2.45) is 0 Å². The number of esters is 1. The van der Waals surface area contributed by atoms with Gasteiger partial charge in [0.15, 0.2) is 0 Å². The molecule has 9 nitrogen and oxygen atoms in total. The summed E-state index contributed by atoms with van der Waals surface area (Å²) in [6.07, 6.45) is 2.00. The van der Waals surface area contributed by atoms with Gasteiger partial charge in [-0.3, -0.25) is 0 Å². The van der Waals surface area contributed by atoms with Crippen LogP contribution in [0.4, 0.5) is 10.5 Å². The summed E-state index contributed by atoms with van der Waals surface area (Å²) in [6.45, 7) is 4.22. The summed E-state index contributed by atoms with van der Waals surface area (Å²) in [5.41, 5.74) is 5.13. The van der Waals surface area contributed by atoms with Gasteiger partial charge in [0.25, 0.3) is 0 Å². The van der Waals surface area contributed by atoms with Crippen molar-refractivity contribution < 1.29 is 19.1 Å². The molecule has 1 aliphatic rings. The number of nitrogens with zero attached hydrogens (tertiary/aromatic N) is 4. The van der Waals surface area contributed by atoms with Gasteiger partial charge < -0.3 is 24.3 Å². The fraction of sp³-hybridized carbons (Fsp3) is 0.182. The number of fused-ring (bicyclic) bond motifs is 3. The van der Waals surface area contributed by atoms with Gasteiger partial charge >= 0.3 is 12.0 Å². The number of hydrogen-bond donors (Lipinski definition) is 1. The Morgan fingerprint density at radius 3 is 2.43 bits per heavy atom. The van der Waals surface area contributed by atoms with E-state index in [1.807, 2.05) is 84.5 Å². The normalized spacial score (nSPS) is 14.0. The number of ether oxygens (including phenoxy) is 2. The van der Waals surface area contributed by atoms with Gasteiger partial charge in [0.2, 0.25) is 0 Å². The summed E-state index contributed by atoms with van der Waals surface area (Å²) in [5, 5.41) is 7.90. The van der Waals surface area contributed by atoms with E-state index < -0.39 is 12.0 Å². The van der Waals surface area contributed by atoms with Crippen LogP contribution in [0.3, 0.4) is 0 Å². The minimum atomic E-state index is -0.493. The second-order valence-electron chi connectivity index (χ2n) is 9.94. The molecular formula is C33H31N5O4. The van der Waals surface area contributed by atoms with Gasteiger partial charge in [-0.05, 0) is 67.9 Å². The van der Waals surface area contributed by atoms with Gasteiger partial charge in [-0.2, -0.15) is 5.10 Å². The van der Waals surface area contributed by atoms with E-state index in [0.717, 1.165) is 39.8 Å². The third kappa shape index (κ3) is 4.79. The number of methoxy groups -OCH3 is 1. The van der Waals surface area contributed by atoms with Gasteiger partial charge in [-0.25, -0.2) is 14.3 Å². The Kier molecular flexibility index (Phi) is 7.23. The zero-order valence-electron chi connectivity index (χ0n) is 23.7. The van der Waals surface area contributed by atoms with Crippen LogP contribution in [0.2, 0.25) is 0 Å². The molecule has 1 aliphatic heterocycles. The highest BCUT2D eigenvalue weighted by Crippen LogP contribution is 2.39. The number of hydrogen-bond acceptors (Lipinski definition) is 5. The van der Waals surface area contributed by atoms with Crippen LogP contribution >= 0.6 is 0 Å². The second kappa shape index (κ2) is 11.3. The van der Waals surface area contributed by atoms with Crippen LogP contribution in [-0.4, -0.2) is 45.0 Å². The Bertz CT molecular complexity index is 1740. The Hall–Kier alpha value is -5.31. The highest BCUT2D eigenvalue weighted by atomic mass is 16.5. The van der Waals surface area contributed by atoms with E-state index in [9.17, 15) is 9.59 Å². The molecule has 0 radical (unpaired) electrons. The molecule has 212 valence electrons. The Labute approximate surface area is 243 Å². The fourth-order valence-corrected chi connectivity index (χ4v) is 5.45. The Morgan fingerprint density at radius 2 is 1.69 bits per heavy atom. The number of urea groups is 1. The molecule has 42 heavy (non-hydrogen) atoms. The van der Waals surface area contributed by atoms with Crippen molar-refractivity contribution in [2.75, 3.05) is 19.0 Å². The maximum absolute atomic E-state index is 14.3. The van der Waals surface area contributed by atoms with E-state index in [0.29, 0.717) is 11.3 Å². The molecule has 2 aromatic heterocycles. The highest BCUT2D eigenvalue weighted by Gasteiger charge is 2.36. The van der Waals surface area contributed by atoms with Crippen LogP contribution in [-0.2, 0) is 11.3 Å². The standard InChI is InChI=1S/C33H31N5O4/c1-4-42-32(39)26-13-8-9-14-28(26)34-33(40)37-21-27-22(2)35-38(24-11-6-5-7-12-24)31(27)36-20-10-15-29(36)30(37)23-16-18-25(41-3)19-17-23/h5-20,30H,4,21H2,1-3H3,(H,34,40). The molecule has 1 unspecified atom stereocenters. The summed E-state index contributed by atoms with van der Waals surface area (Å²) < 4.78 is 14.7. The minimum absolute atomic E-state index is 0.233. The number of rotatable bonds is 6. The van der Waals surface area contributed by atoms with Gasteiger partial charge in [-0.15, -0.1) is 0 Å². The molecule has 0 saturated heterocycles. The van der Waals surface area contributed by atoms with Crippen LogP contribution in [0.25, 0.3) is 11.5 Å². The third-order valence-corrected chi connectivity index (χ3v) is 7.44. The monoisotopic (exact) mass is 561 g/mol. The summed E-state index contributed by atoms with van der Waals surface area (Å²) in [5.74, 6) is 1.10. The molecule has 3 aromatic carbocycles. The molecule has 9 heteroatoms. The molecule has 1 atom stereocenters. The average Bonchev–Trinajstić information content (AvgIpc) is 3.58. The summed E-state index contributed by atoms with van der Waals surface area (Å²) in [6, 6.07) is 27.7. The first-order valence-corrected chi connectivity index (χ1v) is 13.8. The van der Waals surface area contributed by atoms with Crippen molar-refractivity contribution in [2.45, 2.75) is 26.4 Å². The highest BCUT2D eigenvalue weighted by molar-refractivity contribution is 6.01. The number of aryl methyl sites for hydroxylation is 1. The largest absolute Gasteiger partial charge is 0.497 e. The van der Waals surface area contributed by atoms with Crippen molar-refractivity contribution in [1.82, 2.24) is 19.2 Å². The zero-order valence-corrected chi connectivity index (χ0v) is 23.7. The van der Waals surface area contributed by atoms with Crippen molar-refractivity contribution in [1.29, 1.82) is 0 Å². The lowest BCUT2D eigenvalue weighted by Crippen LogP contribution is -2.38. The van der Waals surface area contributed by atoms with E-state index in [2.05, 4.69) is 9.88 Å². The number of carbonyl (C=O) groups is 2. The predicted molar refractivity (Wildman–Crippen MR) is 159 cm³/mol. The molecule has 0 bridgehead atoms. The lowest BCUT2D eigenvalue weighted by Gasteiger charge is -2.31. The van der Waals surface area contributed by atoms with E-state index in [4.69, 9.17) is 14.6 Å². The predicted octanol–water partition coefficient (Wildman–Crippen LogP) is 6.29. The smallest absolute Gasteiger partial charge is 0.340 e. The number of anilines is 1. The summed E-state index contributed by atoms with van der Waals surface area (Å²) in [7, 11) is 1.63. The first kappa shape index (κ1) is 26.9. The van der Waals surface area contributed by atoms with Crippen LogP contribution in [0.15, 0.2) is 97.2 Å². The van der Waals surface area contributed by atoms with Gasteiger partial charge in [0, 0.05) is 11.8 Å². The lowest BCUT2D eigenvalue weighted by atomic mass is 10.0. The zero-order chi connectivity index (χ0) is 29.2.